The van der Waals surface area contributed by atoms with Crippen LogP contribution in [0.1, 0.15) is 58.4 Å². The zero-order chi connectivity index (χ0) is 17.3. The molecule has 6 heteroatoms. The van der Waals surface area contributed by atoms with E-state index in [0.29, 0.717) is 24.3 Å². The van der Waals surface area contributed by atoms with Gasteiger partial charge in [0.05, 0.1) is 11.8 Å². The second-order valence-corrected chi connectivity index (χ2v) is 6.39. The Bertz CT molecular complexity index is 759. The number of carbonyl (C=O) groups is 2. The van der Waals surface area contributed by atoms with Crippen molar-refractivity contribution in [2.75, 3.05) is 6.54 Å². The van der Waals surface area contributed by atoms with E-state index in [0.717, 1.165) is 30.6 Å². The van der Waals surface area contributed by atoms with Gasteiger partial charge in [0.15, 0.2) is 11.5 Å². The summed E-state index contributed by atoms with van der Waals surface area (Å²) in [5.41, 5.74) is 1.60. The number of furan rings is 1. The van der Waals surface area contributed by atoms with Gasteiger partial charge in [-0.3, -0.25) is 14.3 Å². The second-order valence-electron chi connectivity index (χ2n) is 6.39. The quantitative estimate of drug-likeness (QED) is 0.791. The lowest BCUT2D eigenvalue weighted by atomic mass is 10.0. The maximum absolute atomic E-state index is 12.8. The first-order valence-electron chi connectivity index (χ1n) is 8.41. The zero-order valence-corrected chi connectivity index (χ0v) is 14.4. The summed E-state index contributed by atoms with van der Waals surface area (Å²) in [6.45, 7) is 4.63. The molecule has 6 nitrogen and oxygen atoms in total. The molecular formula is C18H23N3O3. The van der Waals surface area contributed by atoms with Gasteiger partial charge in [0, 0.05) is 38.7 Å². The van der Waals surface area contributed by atoms with Crippen molar-refractivity contribution < 1.29 is 14.0 Å². The van der Waals surface area contributed by atoms with Gasteiger partial charge in [-0.2, -0.15) is 5.10 Å². The van der Waals surface area contributed by atoms with Crippen molar-refractivity contribution >= 4 is 11.7 Å². The van der Waals surface area contributed by atoms with Gasteiger partial charge in [0.2, 0.25) is 0 Å². The summed E-state index contributed by atoms with van der Waals surface area (Å²) < 4.78 is 7.30. The first kappa shape index (κ1) is 16.5. The van der Waals surface area contributed by atoms with E-state index in [2.05, 4.69) is 5.10 Å². The predicted octanol–water partition coefficient (Wildman–Crippen LogP) is 2.76. The molecule has 2 aromatic heterocycles. The van der Waals surface area contributed by atoms with E-state index in [-0.39, 0.29) is 17.7 Å². The van der Waals surface area contributed by atoms with Crippen LogP contribution in [0.25, 0.3) is 0 Å². The number of aryl methyl sites for hydroxylation is 3. The number of ketones is 1. The molecule has 3 rings (SSSR count). The average Bonchev–Trinajstić information content (AvgIpc) is 3.26. The Labute approximate surface area is 141 Å². The molecule has 0 unspecified atom stereocenters. The third kappa shape index (κ3) is 3.13. The lowest BCUT2D eigenvalue weighted by Crippen LogP contribution is -2.36. The minimum atomic E-state index is -0.112. The molecule has 0 bridgehead atoms. The molecule has 0 aromatic carbocycles. The molecule has 1 aliphatic heterocycles. The maximum atomic E-state index is 12.8. The van der Waals surface area contributed by atoms with Gasteiger partial charge in [0.25, 0.3) is 5.91 Å². The number of amides is 1. The van der Waals surface area contributed by atoms with E-state index in [9.17, 15) is 9.59 Å². The highest BCUT2D eigenvalue weighted by atomic mass is 16.4. The second kappa shape index (κ2) is 6.63. The summed E-state index contributed by atoms with van der Waals surface area (Å²) in [7, 11) is 1.78. The molecular weight excluding hydrogens is 306 g/mol. The van der Waals surface area contributed by atoms with Crippen LogP contribution in [0.2, 0.25) is 0 Å². The fourth-order valence-corrected chi connectivity index (χ4v) is 3.33. The highest BCUT2D eigenvalue weighted by molar-refractivity contribution is 5.97. The normalized spacial score (nSPS) is 17.5. The Morgan fingerprint density at radius 1 is 1.42 bits per heavy atom. The summed E-state index contributed by atoms with van der Waals surface area (Å²) in [6.07, 6.45) is 6.15. The Hall–Kier alpha value is -2.37. The smallest absolute Gasteiger partial charge is 0.289 e. The molecule has 1 amide bonds. The van der Waals surface area contributed by atoms with E-state index in [4.69, 9.17) is 4.42 Å². The molecule has 0 spiro atoms. The fourth-order valence-electron chi connectivity index (χ4n) is 3.33. The Morgan fingerprint density at radius 2 is 2.21 bits per heavy atom. The van der Waals surface area contributed by atoms with Crippen molar-refractivity contribution in [3.63, 3.8) is 0 Å². The molecule has 0 saturated carbocycles. The molecule has 24 heavy (non-hydrogen) atoms. The minimum absolute atomic E-state index is 0.0256. The first-order chi connectivity index (χ1) is 11.5. The Morgan fingerprint density at radius 3 is 2.83 bits per heavy atom. The summed E-state index contributed by atoms with van der Waals surface area (Å²) in [4.78, 5) is 27.0. The number of nitrogens with zero attached hydrogens (tertiary/aromatic N) is 3. The lowest BCUT2D eigenvalue weighted by Gasteiger charge is -2.23. The van der Waals surface area contributed by atoms with Crippen LogP contribution < -0.4 is 0 Å². The predicted molar refractivity (Wildman–Crippen MR) is 89.0 cm³/mol. The van der Waals surface area contributed by atoms with Gasteiger partial charge in [-0.15, -0.1) is 0 Å². The highest BCUT2D eigenvalue weighted by Gasteiger charge is 2.33. The number of hydrogen-bond donors (Lipinski definition) is 0. The van der Waals surface area contributed by atoms with Crippen molar-refractivity contribution in [1.29, 1.82) is 0 Å². The number of aromatic nitrogens is 2. The molecule has 128 valence electrons. The Balaban J connectivity index is 1.72. The van der Waals surface area contributed by atoms with Gasteiger partial charge in [-0.1, -0.05) is 6.92 Å². The third-order valence-corrected chi connectivity index (χ3v) is 4.64. The molecule has 2 aromatic rings. The van der Waals surface area contributed by atoms with E-state index in [1.54, 1.807) is 35.1 Å². The third-order valence-electron chi connectivity index (χ3n) is 4.64. The van der Waals surface area contributed by atoms with E-state index in [1.165, 1.54) is 0 Å². The number of carbonyl (C=O) groups excluding carboxylic acids is 2. The summed E-state index contributed by atoms with van der Waals surface area (Å²) in [5, 5.41) is 4.04. The van der Waals surface area contributed by atoms with Crippen molar-refractivity contribution in [2.45, 2.75) is 45.6 Å². The van der Waals surface area contributed by atoms with Crippen LogP contribution in [0.4, 0.5) is 0 Å². The van der Waals surface area contributed by atoms with E-state index >= 15 is 0 Å². The number of Topliss-reactive ketones (excluding diaryl/α,β-unsaturated/α-hetero) is 1. The molecule has 1 saturated heterocycles. The van der Waals surface area contributed by atoms with Crippen molar-refractivity contribution in [3.05, 3.63) is 41.1 Å². The molecule has 3 heterocycles. The number of likely N-dealkylation sites (tertiary alicyclic amines) is 1. The van der Waals surface area contributed by atoms with Gasteiger partial charge in [-0.25, -0.2) is 0 Å². The Kier molecular flexibility index (Phi) is 4.55. The van der Waals surface area contributed by atoms with Gasteiger partial charge in [0.1, 0.15) is 5.76 Å². The molecule has 1 atom stereocenters. The van der Waals surface area contributed by atoms with Gasteiger partial charge < -0.3 is 9.32 Å². The lowest BCUT2D eigenvalue weighted by molar-refractivity contribution is 0.0685. The van der Waals surface area contributed by atoms with Crippen LogP contribution in [0.5, 0.6) is 0 Å². The van der Waals surface area contributed by atoms with Crippen molar-refractivity contribution in [3.8, 4) is 0 Å². The topological polar surface area (TPSA) is 68.3 Å². The molecule has 0 N–H and O–H groups in total. The van der Waals surface area contributed by atoms with Crippen molar-refractivity contribution in [2.24, 2.45) is 7.05 Å². The highest BCUT2D eigenvalue weighted by Crippen LogP contribution is 2.25. The van der Waals surface area contributed by atoms with E-state index in [1.807, 2.05) is 13.8 Å². The summed E-state index contributed by atoms with van der Waals surface area (Å²) in [6, 6.07) is 1.74. The van der Waals surface area contributed by atoms with Crippen LogP contribution in [-0.2, 0) is 13.5 Å². The van der Waals surface area contributed by atoms with E-state index < -0.39 is 0 Å². The van der Waals surface area contributed by atoms with Crippen LogP contribution >= 0.6 is 0 Å². The van der Waals surface area contributed by atoms with Crippen LogP contribution in [-0.4, -0.2) is 39.0 Å². The molecule has 0 radical (unpaired) electrons. The van der Waals surface area contributed by atoms with Crippen molar-refractivity contribution in [1.82, 2.24) is 14.7 Å². The van der Waals surface area contributed by atoms with Crippen LogP contribution in [0, 0.1) is 6.92 Å². The zero-order valence-electron chi connectivity index (χ0n) is 14.4. The number of hydrogen-bond acceptors (Lipinski definition) is 4. The number of rotatable bonds is 5. The molecule has 0 aliphatic carbocycles. The van der Waals surface area contributed by atoms with Gasteiger partial charge in [-0.05, 0) is 31.4 Å². The fraction of sp³-hybridized carbons (Fsp3) is 0.500. The standard InChI is InChI=1S/C18H23N3O3/c1-4-16-12(2)8-17(24-16)18(23)21-7-5-6-14(21)9-15(22)13-10-19-20(3)11-13/h8,10-11,14H,4-7,9H2,1-3H3/t14-/m1/s1. The maximum Gasteiger partial charge on any atom is 0.289 e. The monoisotopic (exact) mass is 329 g/mol. The molecule has 1 fully saturated rings. The summed E-state index contributed by atoms with van der Waals surface area (Å²) >= 11 is 0. The van der Waals surface area contributed by atoms with Crippen LogP contribution in [0.3, 0.4) is 0 Å². The summed E-state index contributed by atoms with van der Waals surface area (Å²) in [5.74, 6) is 1.14. The molecule has 1 aliphatic rings. The first-order valence-corrected chi connectivity index (χ1v) is 8.41. The average molecular weight is 329 g/mol. The SMILES string of the molecule is CCc1oc(C(=O)N2CCC[C@@H]2CC(=O)c2cnn(C)c2)cc1C. The largest absolute Gasteiger partial charge is 0.456 e. The minimum Gasteiger partial charge on any atom is -0.456 e. The van der Waals surface area contributed by atoms with Gasteiger partial charge >= 0.3 is 0 Å². The van der Waals surface area contributed by atoms with Crippen LogP contribution in [0.15, 0.2) is 22.9 Å².